The van der Waals surface area contributed by atoms with Crippen molar-refractivity contribution in [2.75, 3.05) is 19.6 Å². The van der Waals surface area contributed by atoms with Gasteiger partial charge in [0.2, 0.25) is 0 Å². The number of likely N-dealkylation sites (tertiary alicyclic amines) is 1. The molecule has 22 heavy (non-hydrogen) atoms. The van der Waals surface area contributed by atoms with Gasteiger partial charge in [-0.2, -0.15) is 5.10 Å². The summed E-state index contributed by atoms with van der Waals surface area (Å²) in [6.07, 6.45) is 13.3. The second-order valence-electron chi connectivity index (χ2n) is 6.48. The van der Waals surface area contributed by atoms with Crippen LogP contribution in [0.25, 0.3) is 0 Å². The van der Waals surface area contributed by atoms with Gasteiger partial charge in [-0.05, 0) is 50.0 Å². The van der Waals surface area contributed by atoms with Crippen LogP contribution < -0.4 is 5.32 Å². The van der Waals surface area contributed by atoms with E-state index in [1.54, 1.807) is 0 Å². The lowest BCUT2D eigenvalue weighted by Gasteiger charge is -2.31. The summed E-state index contributed by atoms with van der Waals surface area (Å²) in [6.45, 7) is 2.40. The molecular weight excluding hydrogens is 276 g/mol. The number of allylic oxidation sites excluding steroid dienone is 1. The average Bonchev–Trinajstić information content (AvgIpc) is 3.00. The maximum atomic E-state index is 12.3. The van der Waals surface area contributed by atoms with Gasteiger partial charge in [0.25, 0.3) is 0 Å². The molecule has 3 rings (SSSR count). The van der Waals surface area contributed by atoms with Crippen LogP contribution in [-0.4, -0.2) is 40.3 Å². The molecule has 0 radical (unpaired) electrons. The summed E-state index contributed by atoms with van der Waals surface area (Å²) in [5, 5.41) is 7.33. The fourth-order valence-corrected chi connectivity index (χ4v) is 3.43. The molecule has 2 heterocycles. The molecule has 0 unspecified atom stereocenters. The highest BCUT2D eigenvalue weighted by Crippen LogP contribution is 2.27. The molecule has 1 N–H and O–H groups in total. The van der Waals surface area contributed by atoms with Crippen molar-refractivity contribution in [1.82, 2.24) is 20.0 Å². The number of carbonyl (C=O) groups excluding carboxylic acids is 1. The highest BCUT2D eigenvalue weighted by atomic mass is 16.2. The standard InChI is InChI=1S/C17H26N4O/c1-20-13-16(12-19-20)15-7-9-21(10-8-15)17(22)18-11-14-5-3-2-4-6-14/h5,12-13,15H,2-4,6-11H2,1H3,(H,18,22). The maximum Gasteiger partial charge on any atom is 0.317 e. The van der Waals surface area contributed by atoms with Crippen molar-refractivity contribution in [2.45, 2.75) is 44.4 Å². The molecule has 0 aromatic carbocycles. The van der Waals surface area contributed by atoms with Crippen molar-refractivity contribution in [3.63, 3.8) is 0 Å². The van der Waals surface area contributed by atoms with Gasteiger partial charge in [-0.25, -0.2) is 4.79 Å². The van der Waals surface area contributed by atoms with E-state index in [-0.39, 0.29) is 6.03 Å². The molecule has 5 nitrogen and oxygen atoms in total. The number of aromatic nitrogens is 2. The molecule has 2 aliphatic rings. The second kappa shape index (κ2) is 6.99. The van der Waals surface area contributed by atoms with Crippen LogP contribution in [0.3, 0.4) is 0 Å². The average molecular weight is 302 g/mol. The Morgan fingerprint density at radius 2 is 2.18 bits per heavy atom. The molecule has 1 fully saturated rings. The highest BCUT2D eigenvalue weighted by Gasteiger charge is 2.24. The van der Waals surface area contributed by atoms with Crippen LogP contribution in [0, 0.1) is 0 Å². The molecular formula is C17H26N4O. The predicted molar refractivity (Wildman–Crippen MR) is 86.7 cm³/mol. The van der Waals surface area contributed by atoms with E-state index in [1.165, 1.54) is 30.4 Å². The van der Waals surface area contributed by atoms with E-state index < -0.39 is 0 Å². The number of piperidine rings is 1. The van der Waals surface area contributed by atoms with Crippen molar-refractivity contribution in [3.05, 3.63) is 29.6 Å². The molecule has 0 saturated carbocycles. The summed E-state index contributed by atoms with van der Waals surface area (Å²) < 4.78 is 1.85. The van der Waals surface area contributed by atoms with Crippen molar-refractivity contribution < 1.29 is 4.79 Å². The first-order chi connectivity index (χ1) is 10.7. The molecule has 0 atom stereocenters. The van der Waals surface area contributed by atoms with Gasteiger partial charge in [0.1, 0.15) is 0 Å². The number of hydrogen-bond donors (Lipinski definition) is 1. The number of carbonyl (C=O) groups is 1. The third kappa shape index (κ3) is 3.70. The Morgan fingerprint density at radius 1 is 1.36 bits per heavy atom. The summed E-state index contributed by atoms with van der Waals surface area (Å²) in [5.74, 6) is 0.541. The van der Waals surface area contributed by atoms with Gasteiger partial charge >= 0.3 is 6.03 Å². The number of nitrogens with one attached hydrogen (secondary N) is 1. The molecule has 1 aromatic rings. The van der Waals surface area contributed by atoms with Gasteiger partial charge in [0, 0.05) is 32.9 Å². The van der Waals surface area contributed by atoms with Gasteiger partial charge in [-0.15, -0.1) is 0 Å². The summed E-state index contributed by atoms with van der Waals surface area (Å²) in [6, 6.07) is 0.0936. The van der Waals surface area contributed by atoms with Gasteiger partial charge in [-0.3, -0.25) is 4.68 Å². The molecule has 1 aliphatic carbocycles. The summed E-state index contributed by atoms with van der Waals surface area (Å²) in [5.41, 5.74) is 2.69. The summed E-state index contributed by atoms with van der Waals surface area (Å²) in [7, 11) is 1.95. The van der Waals surface area contributed by atoms with E-state index in [0.29, 0.717) is 5.92 Å². The van der Waals surface area contributed by atoms with E-state index in [9.17, 15) is 4.79 Å². The van der Waals surface area contributed by atoms with E-state index in [4.69, 9.17) is 0 Å². The SMILES string of the molecule is Cn1cc(C2CCN(C(=O)NCC3=CCCCC3)CC2)cn1. The zero-order valence-electron chi connectivity index (χ0n) is 13.4. The van der Waals surface area contributed by atoms with E-state index in [1.807, 2.05) is 22.8 Å². The predicted octanol–water partition coefficient (Wildman–Crippen LogP) is 2.81. The molecule has 1 saturated heterocycles. The molecule has 5 heteroatoms. The van der Waals surface area contributed by atoms with Crippen molar-refractivity contribution in [2.24, 2.45) is 7.05 Å². The minimum atomic E-state index is 0.0936. The third-order valence-electron chi connectivity index (χ3n) is 4.83. The van der Waals surface area contributed by atoms with Crippen LogP contribution >= 0.6 is 0 Å². The number of rotatable bonds is 3. The van der Waals surface area contributed by atoms with E-state index in [0.717, 1.165) is 38.9 Å². The number of amides is 2. The van der Waals surface area contributed by atoms with E-state index >= 15 is 0 Å². The first-order valence-electron chi connectivity index (χ1n) is 8.41. The fourth-order valence-electron chi connectivity index (χ4n) is 3.43. The van der Waals surface area contributed by atoms with Gasteiger partial charge in [-0.1, -0.05) is 11.6 Å². The van der Waals surface area contributed by atoms with Crippen molar-refractivity contribution in [1.29, 1.82) is 0 Å². The Morgan fingerprint density at radius 3 is 2.82 bits per heavy atom. The first kappa shape index (κ1) is 15.1. The largest absolute Gasteiger partial charge is 0.334 e. The molecule has 1 aliphatic heterocycles. The topological polar surface area (TPSA) is 50.2 Å². The Kier molecular flexibility index (Phi) is 4.80. The Hall–Kier alpha value is -1.78. The zero-order chi connectivity index (χ0) is 15.4. The number of urea groups is 1. The lowest BCUT2D eigenvalue weighted by molar-refractivity contribution is 0.182. The van der Waals surface area contributed by atoms with Crippen LogP contribution in [0.5, 0.6) is 0 Å². The normalized spacial score (nSPS) is 19.9. The molecule has 1 aromatic heterocycles. The molecule has 2 amide bonds. The minimum absolute atomic E-state index is 0.0936. The van der Waals surface area contributed by atoms with Crippen LogP contribution in [0.1, 0.15) is 50.0 Å². The number of hydrogen-bond acceptors (Lipinski definition) is 2. The number of aryl methyl sites for hydroxylation is 1. The lowest BCUT2D eigenvalue weighted by Crippen LogP contribution is -2.44. The maximum absolute atomic E-state index is 12.3. The summed E-state index contributed by atoms with van der Waals surface area (Å²) >= 11 is 0. The van der Waals surface area contributed by atoms with Crippen LogP contribution in [0.4, 0.5) is 4.79 Å². The van der Waals surface area contributed by atoms with Gasteiger partial charge in [0.05, 0.1) is 6.20 Å². The summed E-state index contributed by atoms with van der Waals surface area (Å²) in [4.78, 5) is 14.2. The first-order valence-corrected chi connectivity index (χ1v) is 8.41. The lowest BCUT2D eigenvalue weighted by atomic mass is 9.92. The Bertz CT molecular complexity index is 541. The molecule has 0 spiro atoms. The quantitative estimate of drug-likeness (QED) is 0.873. The van der Waals surface area contributed by atoms with Gasteiger partial charge in [0.15, 0.2) is 0 Å². The van der Waals surface area contributed by atoms with Crippen molar-refractivity contribution >= 4 is 6.03 Å². The Balaban J connectivity index is 1.44. The molecule has 0 bridgehead atoms. The third-order valence-corrected chi connectivity index (χ3v) is 4.83. The fraction of sp³-hybridized carbons (Fsp3) is 0.647. The van der Waals surface area contributed by atoms with Crippen LogP contribution in [-0.2, 0) is 7.05 Å². The number of nitrogens with zero attached hydrogens (tertiary/aromatic N) is 3. The van der Waals surface area contributed by atoms with E-state index in [2.05, 4.69) is 22.7 Å². The smallest absolute Gasteiger partial charge is 0.317 e. The van der Waals surface area contributed by atoms with Crippen LogP contribution in [0.15, 0.2) is 24.0 Å². The van der Waals surface area contributed by atoms with Crippen LogP contribution in [0.2, 0.25) is 0 Å². The highest BCUT2D eigenvalue weighted by molar-refractivity contribution is 5.74. The molecule has 120 valence electrons. The second-order valence-corrected chi connectivity index (χ2v) is 6.48. The zero-order valence-corrected chi connectivity index (χ0v) is 13.4. The van der Waals surface area contributed by atoms with Crippen molar-refractivity contribution in [3.8, 4) is 0 Å². The van der Waals surface area contributed by atoms with Gasteiger partial charge < -0.3 is 10.2 Å². The minimum Gasteiger partial charge on any atom is -0.334 e. The Labute approximate surface area is 132 Å². The monoisotopic (exact) mass is 302 g/mol.